The summed E-state index contributed by atoms with van der Waals surface area (Å²) in [6.07, 6.45) is 4.00. The molecule has 1 saturated carbocycles. The van der Waals surface area contributed by atoms with Gasteiger partial charge in [0.05, 0.1) is 25.1 Å². The number of amides is 2. The molecular weight excluding hydrogens is 476 g/mol. The predicted octanol–water partition coefficient (Wildman–Crippen LogP) is 2.58. The molecule has 3 aromatic rings. The molecular formula is C27H32N4O6. The van der Waals surface area contributed by atoms with Crippen LogP contribution >= 0.6 is 0 Å². The lowest BCUT2D eigenvalue weighted by Crippen LogP contribution is -2.43. The van der Waals surface area contributed by atoms with Gasteiger partial charge in [-0.15, -0.1) is 0 Å². The first-order valence-corrected chi connectivity index (χ1v) is 12.4. The predicted molar refractivity (Wildman–Crippen MR) is 140 cm³/mol. The van der Waals surface area contributed by atoms with E-state index in [1.165, 1.54) is 30.9 Å². The van der Waals surface area contributed by atoms with Gasteiger partial charge in [0.2, 0.25) is 11.8 Å². The monoisotopic (exact) mass is 508 g/mol. The van der Waals surface area contributed by atoms with Crippen molar-refractivity contribution in [1.29, 1.82) is 0 Å². The van der Waals surface area contributed by atoms with Crippen LogP contribution in [0.1, 0.15) is 37.7 Å². The minimum Gasteiger partial charge on any atom is -0.493 e. The topological polar surface area (TPSA) is 121 Å². The second kappa shape index (κ2) is 11.3. The molecule has 1 aromatic heterocycles. The second-order valence-corrected chi connectivity index (χ2v) is 9.26. The number of hydrogen-bond donors (Lipinski definition) is 2. The van der Waals surface area contributed by atoms with Crippen LogP contribution in [0.5, 0.6) is 11.5 Å². The fourth-order valence-corrected chi connectivity index (χ4v) is 4.66. The van der Waals surface area contributed by atoms with E-state index in [-0.39, 0.29) is 42.4 Å². The van der Waals surface area contributed by atoms with Gasteiger partial charge in [0.25, 0.3) is 5.56 Å². The number of aryl methyl sites for hydroxylation is 1. The number of ether oxygens (including phenoxy) is 2. The molecule has 2 amide bonds. The SMILES string of the molecule is COc1cc2c(=O)n(CCC(=O)NC3CCCC3)c(=O)n(CC(=O)Nc3ccc(C)cc3)c2cc1OC. The summed E-state index contributed by atoms with van der Waals surface area (Å²) in [6.45, 7) is 1.49. The lowest BCUT2D eigenvalue weighted by atomic mass is 10.2. The van der Waals surface area contributed by atoms with Crippen molar-refractivity contribution in [1.82, 2.24) is 14.5 Å². The number of nitrogens with zero attached hydrogens (tertiary/aromatic N) is 2. The standard InChI is InChI=1S/C27H32N4O6/c1-17-8-10-19(11-9-17)29-25(33)16-31-21-15-23(37-3)22(36-2)14-20(21)26(34)30(27(31)35)13-12-24(32)28-18-6-4-5-7-18/h8-11,14-15,18H,4-7,12-13,16H2,1-3H3,(H,28,32)(H,29,33). The van der Waals surface area contributed by atoms with Gasteiger partial charge >= 0.3 is 5.69 Å². The van der Waals surface area contributed by atoms with E-state index >= 15 is 0 Å². The molecule has 10 nitrogen and oxygen atoms in total. The van der Waals surface area contributed by atoms with Gasteiger partial charge in [-0.1, -0.05) is 30.5 Å². The third-order valence-electron chi connectivity index (χ3n) is 6.65. The fourth-order valence-electron chi connectivity index (χ4n) is 4.66. The van der Waals surface area contributed by atoms with Crippen molar-refractivity contribution in [2.75, 3.05) is 19.5 Å². The molecule has 2 N–H and O–H groups in total. The summed E-state index contributed by atoms with van der Waals surface area (Å²) in [5.74, 6) is -0.0254. The van der Waals surface area contributed by atoms with Gasteiger partial charge in [-0.3, -0.25) is 23.5 Å². The first kappa shape index (κ1) is 26.0. The van der Waals surface area contributed by atoms with Crippen LogP contribution in [0, 0.1) is 6.92 Å². The largest absolute Gasteiger partial charge is 0.493 e. The Hall–Kier alpha value is -4.08. The molecule has 0 bridgehead atoms. The summed E-state index contributed by atoms with van der Waals surface area (Å²) in [5, 5.41) is 5.93. The van der Waals surface area contributed by atoms with Crippen LogP contribution in [-0.4, -0.2) is 41.2 Å². The molecule has 0 radical (unpaired) electrons. The van der Waals surface area contributed by atoms with E-state index in [2.05, 4.69) is 10.6 Å². The van der Waals surface area contributed by atoms with E-state index in [9.17, 15) is 19.2 Å². The first-order valence-electron chi connectivity index (χ1n) is 12.4. The number of benzene rings is 2. The van der Waals surface area contributed by atoms with Crippen LogP contribution in [-0.2, 0) is 22.7 Å². The number of aromatic nitrogens is 2. The molecule has 0 aliphatic heterocycles. The van der Waals surface area contributed by atoms with Crippen molar-refractivity contribution in [2.45, 2.75) is 58.2 Å². The molecule has 0 unspecified atom stereocenters. The third kappa shape index (κ3) is 5.84. The van der Waals surface area contributed by atoms with Crippen molar-refractivity contribution in [2.24, 2.45) is 0 Å². The Bertz CT molecular complexity index is 1420. The molecule has 1 aliphatic carbocycles. The van der Waals surface area contributed by atoms with Gasteiger partial charge in [-0.2, -0.15) is 0 Å². The summed E-state index contributed by atoms with van der Waals surface area (Å²) < 4.78 is 12.9. The average Bonchev–Trinajstić information content (AvgIpc) is 3.40. The van der Waals surface area contributed by atoms with Gasteiger partial charge in [0, 0.05) is 30.8 Å². The molecule has 0 atom stereocenters. The molecule has 196 valence electrons. The third-order valence-corrected chi connectivity index (χ3v) is 6.65. The second-order valence-electron chi connectivity index (χ2n) is 9.26. The molecule has 0 spiro atoms. The van der Waals surface area contributed by atoms with Crippen LogP contribution < -0.4 is 31.4 Å². The highest BCUT2D eigenvalue weighted by molar-refractivity contribution is 5.92. The molecule has 0 saturated heterocycles. The molecule has 37 heavy (non-hydrogen) atoms. The zero-order chi connectivity index (χ0) is 26.5. The molecule has 4 rings (SSSR count). The minimum atomic E-state index is -0.683. The molecule has 2 aromatic carbocycles. The molecule has 1 fully saturated rings. The highest BCUT2D eigenvalue weighted by Gasteiger charge is 2.21. The molecule has 10 heteroatoms. The highest BCUT2D eigenvalue weighted by Crippen LogP contribution is 2.30. The number of carbonyl (C=O) groups is 2. The molecule has 1 aliphatic rings. The van der Waals surface area contributed by atoms with Gasteiger partial charge in [-0.25, -0.2) is 4.79 Å². The van der Waals surface area contributed by atoms with E-state index in [1.807, 2.05) is 19.1 Å². The molecule has 1 heterocycles. The van der Waals surface area contributed by atoms with E-state index in [0.29, 0.717) is 17.2 Å². The van der Waals surface area contributed by atoms with E-state index in [1.54, 1.807) is 12.1 Å². The van der Waals surface area contributed by atoms with Gasteiger partial charge in [-0.05, 0) is 38.0 Å². The normalized spacial score (nSPS) is 13.5. The van der Waals surface area contributed by atoms with Crippen molar-refractivity contribution in [3.05, 3.63) is 62.8 Å². The van der Waals surface area contributed by atoms with Crippen molar-refractivity contribution in [3.63, 3.8) is 0 Å². The number of rotatable bonds is 9. The number of fused-ring (bicyclic) bond motifs is 1. The summed E-state index contributed by atoms with van der Waals surface area (Å²) in [6, 6.07) is 10.4. The van der Waals surface area contributed by atoms with Crippen LogP contribution in [0.2, 0.25) is 0 Å². The Balaban J connectivity index is 1.70. The smallest absolute Gasteiger partial charge is 0.331 e. The van der Waals surface area contributed by atoms with Crippen LogP contribution in [0.3, 0.4) is 0 Å². The minimum absolute atomic E-state index is 0.0278. The van der Waals surface area contributed by atoms with Crippen LogP contribution in [0.15, 0.2) is 46.0 Å². The van der Waals surface area contributed by atoms with Crippen molar-refractivity contribution < 1.29 is 19.1 Å². The number of hydrogen-bond acceptors (Lipinski definition) is 6. The summed E-state index contributed by atoms with van der Waals surface area (Å²) in [4.78, 5) is 52.3. The van der Waals surface area contributed by atoms with Gasteiger partial charge in [0.1, 0.15) is 6.54 Å². The Morgan fingerprint density at radius 1 is 0.946 bits per heavy atom. The number of methoxy groups -OCH3 is 2. The van der Waals surface area contributed by atoms with Gasteiger partial charge < -0.3 is 20.1 Å². The van der Waals surface area contributed by atoms with Gasteiger partial charge in [0.15, 0.2) is 11.5 Å². The van der Waals surface area contributed by atoms with E-state index in [0.717, 1.165) is 35.8 Å². The van der Waals surface area contributed by atoms with Crippen LogP contribution in [0.25, 0.3) is 10.9 Å². The Labute approximate surface area is 214 Å². The lowest BCUT2D eigenvalue weighted by molar-refractivity contribution is -0.122. The zero-order valence-electron chi connectivity index (χ0n) is 21.3. The maximum Gasteiger partial charge on any atom is 0.331 e. The lowest BCUT2D eigenvalue weighted by Gasteiger charge is -2.17. The maximum atomic E-state index is 13.5. The number of anilines is 1. The highest BCUT2D eigenvalue weighted by atomic mass is 16.5. The summed E-state index contributed by atoms with van der Waals surface area (Å²) >= 11 is 0. The quantitative estimate of drug-likeness (QED) is 0.458. The number of carbonyl (C=O) groups excluding carboxylic acids is 2. The van der Waals surface area contributed by atoms with Crippen LogP contribution in [0.4, 0.5) is 5.69 Å². The average molecular weight is 509 g/mol. The Morgan fingerprint density at radius 2 is 1.59 bits per heavy atom. The summed E-state index contributed by atoms with van der Waals surface area (Å²) in [5.41, 5.74) is 0.620. The fraction of sp³-hybridized carbons (Fsp3) is 0.407. The maximum absolute atomic E-state index is 13.5. The van der Waals surface area contributed by atoms with Crippen molar-refractivity contribution >= 4 is 28.4 Å². The Kier molecular flexibility index (Phi) is 7.95. The van der Waals surface area contributed by atoms with E-state index < -0.39 is 17.2 Å². The van der Waals surface area contributed by atoms with Crippen molar-refractivity contribution in [3.8, 4) is 11.5 Å². The Morgan fingerprint density at radius 3 is 2.24 bits per heavy atom. The zero-order valence-corrected chi connectivity index (χ0v) is 21.3. The summed E-state index contributed by atoms with van der Waals surface area (Å²) in [7, 11) is 2.89. The van der Waals surface area contributed by atoms with E-state index in [4.69, 9.17) is 9.47 Å². The first-order chi connectivity index (χ1) is 17.8. The number of nitrogens with one attached hydrogen (secondary N) is 2.